The van der Waals surface area contributed by atoms with Crippen molar-refractivity contribution < 1.29 is 19.4 Å². The number of carboxylic acids is 1. The fourth-order valence-corrected chi connectivity index (χ4v) is 2.92. The van der Waals surface area contributed by atoms with E-state index < -0.39 is 5.97 Å². The molecule has 2 rings (SSSR count). The van der Waals surface area contributed by atoms with E-state index in [4.69, 9.17) is 15.6 Å². The van der Waals surface area contributed by atoms with Crippen LogP contribution in [0.3, 0.4) is 0 Å². The van der Waals surface area contributed by atoms with E-state index >= 15 is 0 Å². The molecule has 0 radical (unpaired) electrons. The fraction of sp³-hybridized carbons (Fsp3) is 0.846. The first kappa shape index (κ1) is 14.3. The summed E-state index contributed by atoms with van der Waals surface area (Å²) in [5, 5.41) is 8.78. The molecular formula is C13H22N2O4. The number of nitrogens with zero attached hydrogens (tertiary/aromatic N) is 1. The lowest BCUT2D eigenvalue weighted by atomic mass is 9.94. The van der Waals surface area contributed by atoms with E-state index in [9.17, 15) is 9.59 Å². The topological polar surface area (TPSA) is 92.9 Å². The van der Waals surface area contributed by atoms with Gasteiger partial charge >= 0.3 is 5.97 Å². The molecule has 0 aromatic carbocycles. The minimum Gasteiger partial charge on any atom is -0.481 e. The molecule has 0 spiro atoms. The van der Waals surface area contributed by atoms with Crippen molar-refractivity contribution in [2.45, 2.75) is 44.2 Å². The van der Waals surface area contributed by atoms with Gasteiger partial charge < -0.3 is 20.5 Å². The second-order valence-electron chi connectivity index (χ2n) is 5.42. The van der Waals surface area contributed by atoms with Crippen LogP contribution in [0, 0.1) is 5.92 Å². The van der Waals surface area contributed by atoms with Gasteiger partial charge in [0.05, 0.1) is 19.1 Å². The van der Waals surface area contributed by atoms with E-state index in [-0.39, 0.29) is 30.3 Å². The third-order valence-electron chi connectivity index (χ3n) is 4.04. The molecule has 0 aromatic rings. The highest BCUT2D eigenvalue weighted by Gasteiger charge is 2.37. The number of carboxylic acid groups (broad SMARTS) is 1. The highest BCUT2D eigenvalue weighted by molar-refractivity contribution is 5.80. The first-order chi connectivity index (χ1) is 9.09. The van der Waals surface area contributed by atoms with Crippen molar-refractivity contribution in [3.05, 3.63) is 0 Å². The first-order valence-corrected chi connectivity index (χ1v) is 6.95. The van der Waals surface area contributed by atoms with E-state index in [1.807, 2.05) is 4.90 Å². The van der Waals surface area contributed by atoms with E-state index in [0.29, 0.717) is 26.2 Å². The van der Waals surface area contributed by atoms with Crippen molar-refractivity contribution in [2.24, 2.45) is 11.7 Å². The highest BCUT2D eigenvalue weighted by atomic mass is 16.5. The van der Waals surface area contributed by atoms with Crippen LogP contribution >= 0.6 is 0 Å². The number of aliphatic carboxylic acids is 1. The van der Waals surface area contributed by atoms with Gasteiger partial charge in [0.1, 0.15) is 0 Å². The smallest absolute Gasteiger partial charge is 0.303 e. The Labute approximate surface area is 112 Å². The van der Waals surface area contributed by atoms with Gasteiger partial charge in [0.25, 0.3) is 0 Å². The summed E-state index contributed by atoms with van der Waals surface area (Å²) in [6, 6.07) is -0.181. The summed E-state index contributed by atoms with van der Waals surface area (Å²) in [7, 11) is 0. The van der Waals surface area contributed by atoms with Crippen LogP contribution in [0.2, 0.25) is 0 Å². The Morgan fingerprint density at radius 2 is 2.11 bits per heavy atom. The van der Waals surface area contributed by atoms with Crippen LogP contribution < -0.4 is 5.73 Å². The average molecular weight is 270 g/mol. The molecule has 1 amide bonds. The molecule has 2 aliphatic heterocycles. The molecule has 3 N–H and O–H groups in total. The van der Waals surface area contributed by atoms with Gasteiger partial charge in [-0.05, 0) is 25.7 Å². The first-order valence-electron chi connectivity index (χ1n) is 6.95. The molecule has 108 valence electrons. The Morgan fingerprint density at radius 1 is 1.32 bits per heavy atom. The monoisotopic (exact) mass is 270 g/mol. The van der Waals surface area contributed by atoms with Crippen molar-refractivity contribution in [1.82, 2.24) is 4.90 Å². The number of hydrogen-bond acceptors (Lipinski definition) is 4. The van der Waals surface area contributed by atoms with Crippen LogP contribution in [0.4, 0.5) is 0 Å². The summed E-state index contributed by atoms with van der Waals surface area (Å²) in [6.45, 7) is 1.54. The third-order valence-corrected chi connectivity index (χ3v) is 4.04. The molecule has 2 heterocycles. The van der Waals surface area contributed by atoms with Crippen LogP contribution in [-0.4, -0.2) is 53.7 Å². The zero-order valence-corrected chi connectivity index (χ0v) is 11.1. The Morgan fingerprint density at radius 3 is 2.74 bits per heavy atom. The number of carbonyl (C=O) groups excluding carboxylic acids is 1. The molecule has 0 saturated carbocycles. The Kier molecular flexibility index (Phi) is 4.76. The molecule has 0 aliphatic carbocycles. The van der Waals surface area contributed by atoms with Gasteiger partial charge in [-0.3, -0.25) is 9.59 Å². The van der Waals surface area contributed by atoms with E-state index in [2.05, 4.69) is 0 Å². The van der Waals surface area contributed by atoms with Crippen LogP contribution in [0.15, 0.2) is 0 Å². The molecule has 6 heteroatoms. The fourth-order valence-electron chi connectivity index (χ4n) is 2.92. The second-order valence-corrected chi connectivity index (χ2v) is 5.42. The molecule has 6 nitrogen and oxygen atoms in total. The van der Waals surface area contributed by atoms with Gasteiger partial charge in [0.15, 0.2) is 0 Å². The van der Waals surface area contributed by atoms with Crippen LogP contribution in [0.5, 0.6) is 0 Å². The lowest BCUT2D eigenvalue weighted by molar-refractivity contribution is -0.142. The van der Waals surface area contributed by atoms with Gasteiger partial charge in [0, 0.05) is 25.0 Å². The minimum absolute atomic E-state index is 0.0417. The van der Waals surface area contributed by atoms with Crippen LogP contribution in [0.25, 0.3) is 0 Å². The number of amides is 1. The summed E-state index contributed by atoms with van der Waals surface area (Å²) >= 11 is 0. The van der Waals surface area contributed by atoms with Crippen molar-refractivity contribution in [1.29, 1.82) is 0 Å². The van der Waals surface area contributed by atoms with E-state index in [1.54, 1.807) is 0 Å². The zero-order valence-electron chi connectivity index (χ0n) is 11.1. The average Bonchev–Trinajstić information content (AvgIpc) is 2.82. The molecule has 2 saturated heterocycles. The molecule has 19 heavy (non-hydrogen) atoms. The maximum Gasteiger partial charge on any atom is 0.303 e. The number of nitrogens with two attached hydrogens (primary N) is 1. The number of hydrogen-bond donors (Lipinski definition) is 2. The predicted molar refractivity (Wildman–Crippen MR) is 68.5 cm³/mol. The maximum atomic E-state index is 12.5. The van der Waals surface area contributed by atoms with Crippen molar-refractivity contribution in [3.63, 3.8) is 0 Å². The van der Waals surface area contributed by atoms with Gasteiger partial charge in [-0.2, -0.15) is 0 Å². The number of likely N-dealkylation sites (tertiary alicyclic amines) is 1. The maximum absolute atomic E-state index is 12.5. The normalized spacial score (nSPS) is 31.4. The molecule has 3 unspecified atom stereocenters. The molecule has 0 bridgehead atoms. The SMILES string of the molecule is NC1COCC1C(=O)N1CCCCC1CCC(=O)O. The Hall–Kier alpha value is -1.14. The van der Waals surface area contributed by atoms with Gasteiger partial charge in [0.2, 0.25) is 5.91 Å². The van der Waals surface area contributed by atoms with Crippen molar-refractivity contribution >= 4 is 11.9 Å². The number of carbonyl (C=O) groups is 2. The zero-order chi connectivity index (χ0) is 13.8. The molecule has 2 aliphatic rings. The number of rotatable bonds is 4. The summed E-state index contributed by atoms with van der Waals surface area (Å²) in [5.74, 6) is -1.02. The Bertz CT molecular complexity index is 348. The molecular weight excluding hydrogens is 248 g/mol. The quantitative estimate of drug-likeness (QED) is 0.761. The third kappa shape index (κ3) is 3.45. The number of ether oxygens (including phenoxy) is 1. The molecule has 3 atom stereocenters. The van der Waals surface area contributed by atoms with Crippen LogP contribution in [-0.2, 0) is 14.3 Å². The van der Waals surface area contributed by atoms with Gasteiger partial charge in [-0.25, -0.2) is 0 Å². The van der Waals surface area contributed by atoms with Crippen molar-refractivity contribution in [2.75, 3.05) is 19.8 Å². The summed E-state index contributed by atoms with van der Waals surface area (Å²) in [4.78, 5) is 25.0. The Balaban J connectivity index is 1.97. The lowest BCUT2D eigenvalue weighted by Crippen LogP contribution is -2.50. The summed E-state index contributed by atoms with van der Waals surface area (Å²) in [6.07, 6.45) is 3.58. The standard InChI is InChI=1S/C13H22N2O4/c14-11-8-19-7-10(11)13(18)15-6-2-1-3-9(15)4-5-12(16)17/h9-11H,1-8,14H2,(H,16,17). The van der Waals surface area contributed by atoms with E-state index in [1.165, 1.54) is 0 Å². The minimum atomic E-state index is -0.807. The largest absolute Gasteiger partial charge is 0.481 e. The molecule has 0 aromatic heterocycles. The highest BCUT2D eigenvalue weighted by Crippen LogP contribution is 2.25. The lowest BCUT2D eigenvalue weighted by Gasteiger charge is -2.37. The second kappa shape index (κ2) is 6.34. The summed E-state index contributed by atoms with van der Waals surface area (Å²) < 4.78 is 5.25. The van der Waals surface area contributed by atoms with E-state index in [0.717, 1.165) is 19.3 Å². The van der Waals surface area contributed by atoms with Crippen molar-refractivity contribution in [3.8, 4) is 0 Å². The molecule has 2 fully saturated rings. The van der Waals surface area contributed by atoms with Gasteiger partial charge in [-0.1, -0.05) is 0 Å². The number of piperidine rings is 1. The summed E-state index contributed by atoms with van der Waals surface area (Å²) in [5.41, 5.74) is 5.89. The predicted octanol–water partition coefficient (Wildman–Crippen LogP) is 0.206. The van der Waals surface area contributed by atoms with Gasteiger partial charge in [-0.15, -0.1) is 0 Å². The van der Waals surface area contributed by atoms with Crippen LogP contribution in [0.1, 0.15) is 32.1 Å².